The quantitative estimate of drug-likeness (QED) is 0.802. The Balaban J connectivity index is 1.86. The molecule has 0 bridgehead atoms. The standard InChI is InChI=1S/C23H27NO5/c1-13(2)19-8-14-9-22(29-16-5-3-4-6-16)15(12-25)7-17(14)20-10-21(26)18(23(27)28)11-24(19)20/h7,9-11,13,16,19,25H,3-6,8,12H2,1-2H3,(H,27,28)/t19-/m0/s1. The van der Waals surface area contributed by atoms with Crippen molar-refractivity contribution in [3.63, 3.8) is 0 Å². The third kappa shape index (κ3) is 3.57. The number of aromatic nitrogens is 1. The molecular formula is C23H27NO5. The highest BCUT2D eigenvalue weighted by atomic mass is 16.5. The summed E-state index contributed by atoms with van der Waals surface area (Å²) in [4.78, 5) is 23.9. The van der Waals surface area contributed by atoms with Crippen molar-refractivity contribution < 1.29 is 19.7 Å². The van der Waals surface area contributed by atoms with Crippen molar-refractivity contribution in [2.75, 3.05) is 0 Å². The molecule has 1 fully saturated rings. The summed E-state index contributed by atoms with van der Waals surface area (Å²) < 4.78 is 8.13. The summed E-state index contributed by atoms with van der Waals surface area (Å²) in [7, 11) is 0. The van der Waals surface area contributed by atoms with Gasteiger partial charge in [0.25, 0.3) is 0 Å². The fourth-order valence-corrected chi connectivity index (χ4v) is 4.57. The minimum absolute atomic E-state index is 0.0375. The minimum atomic E-state index is -1.21. The molecule has 2 aliphatic rings. The number of carboxylic acids is 1. The number of hydrogen-bond acceptors (Lipinski definition) is 4. The van der Waals surface area contributed by atoms with E-state index in [1.54, 1.807) is 0 Å². The second-order valence-electron chi connectivity index (χ2n) is 8.46. The van der Waals surface area contributed by atoms with Crippen molar-refractivity contribution in [3.8, 4) is 17.0 Å². The van der Waals surface area contributed by atoms with Crippen LogP contribution < -0.4 is 10.2 Å². The second-order valence-corrected chi connectivity index (χ2v) is 8.46. The molecule has 2 N–H and O–H groups in total. The molecule has 1 aromatic carbocycles. The molecule has 1 aliphatic heterocycles. The molecule has 2 heterocycles. The third-order valence-electron chi connectivity index (χ3n) is 6.19. The van der Waals surface area contributed by atoms with Crippen LogP contribution in [-0.2, 0) is 13.0 Å². The average molecular weight is 397 g/mol. The largest absolute Gasteiger partial charge is 0.490 e. The van der Waals surface area contributed by atoms with Crippen LogP contribution in [0, 0.1) is 5.92 Å². The first-order valence-corrected chi connectivity index (χ1v) is 10.3. The van der Waals surface area contributed by atoms with E-state index in [0.717, 1.165) is 29.7 Å². The van der Waals surface area contributed by atoms with Gasteiger partial charge in [0.1, 0.15) is 11.3 Å². The second kappa shape index (κ2) is 7.67. The fraction of sp³-hybridized carbons (Fsp3) is 0.478. The summed E-state index contributed by atoms with van der Waals surface area (Å²) in [6.45, 7) is 4.03. The van der Waals surface area contributed by atoms with E-state index in [9.17, 15) is 19.8 Å². The summed E-state index contributed by atoms with van der Waals surface area (Å²) >= 11 is 0. The lowest BCUT2D eigenvalue weighted by Gasteiger charge is -2.34. The molecule has 1 saturated carbocycles. The van der Waals surface area contributed by atoms with Crippen LogP contribution >= 0.6 is 0 Å². The number of carboxylic acid groups (broad SMARTS) is 1. The van der Waals surface area contributed by atoms with Crippen molar-refractivity contribution in [2.24, 2.45) is 5.92 Å². The van der Waals surface area contributed by atoms with Crippen molar-refractivity contribution in [2.45, 2.75) is 64.7 Å². The van der Waals surface area contributed by atoms with Crippen molar-refractivity contribution in [1.29, 1.82) is 0 Å². The molecule has 4 rings (SSSR count). The molecule has 6 nitrogen and oxygen atoms in total. The molecular weight excluding hydrogens is 370 g/mol. The van der Waals surface area contributed by atoms with Gasteiger partial charge in [0.15, 0.2) is 5.43 Å². The topological polar surface area (TPSA) is 88.8 Å². The molecule has 1 atom stereocenters. The highest BCUT2D eigenvalue weighted by Crippen LogP contribution is 2.41. The van der Waals surface area contributed by atoms with Crippen LogP contribution in [-0.4, -0.2) is 26.9 Å². The number of ether oxygens (including phenoxy) is 1. The average Bonchev–Trinajstić information content (AvgIpc) is 3.19. The van der Waals surface area contributed by atoms with E-state index >= 15 is 0 Å². The van der Waals surface area contributed by atoms with Gasteiger partial charge in [0, 0.05) is 29.4 Å². The van der Waals surface area contributed by atoms with Crippen LogP contribution in [0.4, 0.5) is 0 Å². The lowest BCUT2D eigenvalue weighted by atomic mass is 9.86. The summed E-state index contributed by atoms with van der Waals surface area (Å²) in [5.74, 6) is -0.240. The van der Waals surface area contributed by atoms with Gasteiger partial charge < -0.3 is 19.5 Å². The zero-order valence-corrected chi connectivity index (χ0v) is 16.9. The van der Waals surface area contributed by atoms with Gasteiger partial charge in [-0.05, 0) is 55.7 Å². The van der Waals surface area contributed by atoms with Gasteiger partial charge in [-0.1, -0.05) is 13.8 Å². The molecule has 6 heteroatoms. The van der Waals surface area contributed by atoms with Crippen LogP contribution in [0.25, 0.3) is 11.3 Å². The molecule has 1 aliphatic carbocycles. The van der Waals surface area contributed by atoms with Crippen molar-refractivity contribution in [3.05, 3.63) is 51.3 Å². The Kier molecular flexibility index (Phi) is 5.21. The predicted molar refractivity (Wildman–Crippen MR) is 109 cm³/mol. The maximum atomic E-state index is 12.4. The zero-order chi connectivity index (χ0) is 20.7. The summed E-state index contributed by atoms with van der Waals surface area (Å²) in [6.07, 6.45) is 6.78. The number of hydrogen-bond donors (Lipinski definition) is 2. The van der Waals surface area contributed by atoms with Gasteiger partial charge in [0.05, 0.1) is 18.4 Å². The minimum Gasteiger partial charge on any atom is -0.490 e. The van der Waals surface area contributed by atoms with Crippen LogP contribution in [0.15, 0.2) is 29.2 Å². The Morgan fingerprint density at radius 3 is 2.59 bits per heavy atom. The van der Waals surface area contributed by atoms with Gasteiger partial charge in [-0.2, -0.15) is 0 Å². The smallest absolute Gasteiger partial charge is 0.341 e. The monoisotopic (exact) mass is 397 g/mol. The van der Waals surface area contributed by atoms with Crippen molar-refractivity contribution in [1.82, 2.24) is 4.57 Å². The summed E-state index contributed by atoms with van der Waals surface area (Å²) in [6, 6.07) is 5.35. The number of carbonyl (C=O) groups is 1. The van der Waals surface area contributed by atoms with Crippen LogP contribution in [0.1, 0.15) is 67.1 Å². The van der Waals surface area contributed by atoms with Gasteiger partial charge in [-0.3, -0.25) is 4.79 Å². The van der Waals surface area contributed by atoms with Crippen molar-refractivity contribution >= 4 is 5.97 Å². The number of benzene rings is 1. The van der Waals surface area contributed by atoms with E-state index in [2.05, 4.69) is 13.8 Å². The van der Waals surface area contributed by atoms with E-state index in [1.807, 2.05) is 16.7 Å². The molecule has 2 aromatic rings. The molecule has 0 unspecified atom stereocenters. The number of nitrogens with zero attached hydrogens (tertiary/aromatic N) is 1. The molecule has 0 radical (unpaired) electrons. The number of rotatable bonds is 5. The Labute approximate surface area is 169 Å². The highest BCUT2D eigenvalue weighted by Gasteiger charge is 2.29. The molecule has 0 spiro atoms. The number of pyridine rings is 1. The van der Waals surface area contributed by atoms with Gasteiger partial charge >= 0.3 is 5.97 Å². The summed E-state index contributed by atoms with van der Waals surface area (Å²) in [5, 5.41) is 19.3. The first-order valence-electron chi connectivity index (χ1n) is 10.3. The zero-order valence-electron chi connectivity index (χ0n) is 16.9. The third-order valence-corrected chi connectivity index (χ3v) is 6.19. The number of aliphatic hydroxyl groups excluding tert-OH is 1. The predicted octanol–water partition coefficient (Wildman–Crippen LogP) is 3.78. The number of fused-ring (bicyclic) bond motifs is 3. The highest BCUT2D eigenvalue weighted by molar-refractivity contribution is 5.87. The SMILES string of the molecule is CC(C)[C@@H]1Cc2cc(OC3CCCC3)c(CO)cc2-c2cc(=O)c(C(=O)O)cn21. The Bertz CT molecular complexity index is 1000. The van der Waals surface area contributed by atoms with Crippen LogP contribution in [0.2, 0.25) is 0 Å². The number of aliphatic hydroxyl groups is 1. The van der Waals surface area contributed by atoms with Gasteiger partial charge in [0.2, 0.25) is 0 Å². The lowest BCUT2D eigenvalue weighted by Crippen LogP contribution is -2.28. The van der Waals surface area contributed by atoms with E-state index in [4.69, 9.17) is 4.74 Å². The first kappa shape index (κ1) is 19.7. The Morgan fingerprint density at radius 2 is 1.97 bits per heavy atom. The van der Waals surface area contributed by atoms with E-state index < -0.39 is 11.4 Å². The summed E-state index contributed by atoms with van der Waals surface area (Å²) in [5.41, 5.74) is 2.60. The molecule has 0 saturated heterocycles. The van der Waals surface area contributed by atoms with Crippen LogP contribution in [0.5, 0.6) is 5.75 Å². The molecule has 1 aromatic heterocycles. The van der Waals surface area contributed by atoms with Gasteiger partial charge in [-0.15, -0.1) is 0 Å². The van der Waals surface area contributed by atoms with E-state index in [-0.39, 0.29) is 30.2 Å². The van der Waals surface area contributed by atoms with Crippen LogP contribution in [0.3, 0.4) is 0 Å². The molecule has 0 amide bonds. The lowest BCUT2D eigenvalue weighted by molar-refractivity contribution is 0.0694. The maximum absolute atomic E-state index is 12.4. The number of aromatic carboxylic acids is 1. The molecule has 29 heavy (non-hydrogen) atoms. The maximum Gasteiger partial charge on any atom is 0.341 e. The Hall–Kier alpha value is -2.60. The van der Waals surface area contributed by atoms with E-state index in [1.165, 1.54) is 25.1 Å². The normalized spacial score (nSPS) is 18.6. The van der Waals surface area contributed by atoms with Gasteiger partial charge in [-0.25, -0.2) is 4.79 Å². The van der Waals surface area contributed by atoms with E-state index in [0.29, 0.717) is 17.7 Å². The fourth-order valence-electron chi connectivity index (χ4n) is 4.57. The molecule has 154 valence electrons. The Morgan fingerprint density at radius 1 is 1.24 bits per heavy atom. The first-order chi connectivity index (χ1) is 13.9.